The Balaban J connectivity index is 1.40. The lowest BCUT2D eigenvalue weighted by molar-refractivity contribution is -0.121. The predicted octanol–water partition coefficient (Wildman–Crippen LogP) is 4.38. The normalized spacial score (nSPS) is 12.8. The fourth-order valence-electron chi connectivity index (χ4n) is 3.44. The minimum Gasteiger partial charge on any atom is -0.482 e. The monoisotopic (exact) mass is 442 g/mol. The molecule has 4 aromatic rings. The molecule has 0 unspecified atom stereocenters. The third-order valence-corrected chi connectivity index (χ3v) is 5.81. The average Bonchev–Trinajstić information content (AvgIpc) is 3.30. The molecule has 2 amide bonds. The first-order chi connectivity index (χ1) is 15.7. The number of hydrogen-bond donors (Lipinski definition) is 1. The summed E-state index contributed by atoms with van der Waals surface area (Å²) in [5.74, 6) is 0.319. The van der Waals surface area contributed by atoms with Crippen molar-refractivity contribution in [1.82, 2.24) is 9.97 Å². The van der Waals surface area contributed by atoms with Crippen LogP contribution in [0.2, 0.25) is 0 Å². The highest BCUT2D eigenvalue weighted by atomic mass is 32.1. The summed E-state index contributed by atoms with van der Waals surface area (Å²) in [6.07, 6.45) is 3.14. The van der Waals surface area contributed by atoms with E-state index in [0.717, 1.165) is 11.1 Å². The van der Waals surface area contributed by atoms with E-state index in [0.29, 0.717) is 34.4 Å². The van der Waals surface area contributed by atoms with Gasteiger partial charge in [-0.1, -0.05) is 30.3 Å². The number of ether oxygens (including phenoxy) is 1. The number of nitrogens with zero attached hydrogens (tertiary/aromatic N) is 3. The zero-order valence-electron chi connectivity index (χ0n) is 16.9. The summed E-state index contributed by atoms with van der Waals surface area (Å²) in [5.41, 5.74) is 3.80. The van der Waals surface area contributed by atoms with E-state index >= 15 is 0 Å². The van der Waals surface area contributed by atoms with Gasteiger partial charge in [0.2, 0.25) is 0 Å². The average molecular weight is 443 g/mol. The van der Waals surface area contributed by atoms with E-state index in [1.807, 2.05) is 53.9 Å². The SMILES string of the molecule is O=C(Nc1nc(-c2ccc3c(c2)N(Cc2ccccc2)C(=O)CO3)cs1)c1ccncc1. The molecule has 0 saturated heterocycles. The standard InChI is InChI=1S/C24H18N4O3S/c29-22-14-31-21-7-6-18(12-20(21)28(22)13-16-4-2-1-3-5-16)19-15-32-24(26-19)27-23(30)17-8-10-25-11-9-17/h1-12,15H,13-14H2,(H,26,27,30). The number of amides is 2. The van der Waals surface area contributed by atoms with Gasteiger partial charge in [0.1, 0.15) is 5.75 Å². The molecule has 32 heavy (non-hydrogen) atoms. The van der Waals surface area contributed by atoms with Crippen LogP contribution >= 0.6 is 11.3 Å². The van der Waals surface area contributed by atoms with Crippen LogP contribution in [0.1, 0.15) is 15.9 Å². The zero-order valence-corrected chi connectivity index (χ0v) is 17.7. The first kappa shape index (κ1) is 19.9. The van der Waals surface area contributed by atoms with E-state index in [9.17, 15) is 9.59 Å². The van der Waals surface area contributed by atoms with Gasteiger partial charge in [-0.2, -0.15) is 0 Å². The molecular formula is C24H18N4O3S. The molecule has 2 aromatic heterocycles. The fourth-order valence-corrected chi connectivity index (χ4v) is 4.15. The van der Waals surface area contributed by atoms with Crippen molar-refractivity contribution in [1.29, 1.82) is 0 Å². The molecule has 5 rings (SSSR count). The summed E-state index contributed by atoms with van der Waals surface area (Å²) in [4.78, 5) is 35.2. The number of hydrogen-bond acceptors (Lipinski definition) is 6. The number of thiazole rings is 1. The molecule has 3 heterocycles. The molecular weight excluding hydrogens is 424 g/mol. The number of anilines is 2. The van der Waals surface area contributed by atoms with E-state index in [4.69, 9.17) is 4.74 Å². The van der Waals surface area contributed by atoms with Gasteiger partial charge < -0.3 is 9.64 Å². The van der Waals surface area contributed by atoms with Crippen LogP contribution in [-0.4, -0.2) is 28.4 Å². The second kappa shape index (κ2) is 8.60. The number of carbonyl (C=O) groups excluding carboxylic acids is 2. The molecule has 7 nitrogen and oxygen atoms in total. The predicted molar refractivity (Wildman–Crippen MR) is 123 cm³/mol. The Morgan fingerprint density at radius 3 is 2.72 bits per heavy atom. The number of carbonyl (C=O) groups is 2. The Morgan fingerprint density at radius 2 is 1.91 bits per heavy atom. The Kier molecular flexibility index (Phi) is 5.35. The summed E-state index contributed by atoms with van der Waals surface area (Å²) in [7, 11) is 0. The number of nitrogens with one attached hydrogen (secondary N) is 1. The van der Waals surface area contributed by atoms with Crippen LogP contribution in [0.15, 0.2) is 78.4 Å². The minimum atomic E-state index is -0.244. The molecule has 1 aliphatic rings. The van der Waals surface area contributed by atoms with Gasteiger partial charge in [-0.05, 0) is 35.9 Å². The molecule has 0 fully saturated rings. The maximum absolute atomic E-state index is 12.6. The van der Waals surface area contributed by atoms with Crippen molar-refractivity contribution in [2.75, 3.05) is 16.8 Å². The lowest BCUT2D eigenvalue weighted by atomic mass is 10.1. The van der Waals surface area contributed by atoms with Crippen molar-refractivity contribution < 1.29 is 14.3 Å². The van der Waals surface area contributed by atoms with Crippen LogP contribution in [0.4, 0.5) is 10.8 Å². The van der Waals surface area contributed by atoms with Crippen LogP contribution in [-0.2, 0) is 11.3 Å². The molecule has 8 heteroatoms. The molecule has 1 N–H and O–H groups in total. The van der Waals surface area contributed by atoms with E-state index in [-0.39, 0.29) is 18.4 Å². The van der Waals surface area contributed by atoms with Gasteiger partial charge in [0, 0.05) is 28.9 Å². The van der Waals surface area contributed by atoms with Crippen molar-refractivity contribution in [3.8, 4) is 17.0 Å². The molecule has 0 spiro atoms. The molecule has 0 radical (unpaired) electrons. The third-order valence-electron chi connectivity index (χ3n) is 5.05. The molecule has 158 valence electrons. The summed E-state index contributed by atoms with van der Waals surface area (Å²) < 4.78 is 5.63. The van der Waals surface area contributed by atoms with Crippen molar-refractivity contribution in [3.05, 3.63) is 89.6 Å². The highest BCUT2D eigenvalue weighted by molar-refractivity contribution is 7.14. The third kappa shape index (κ3) is 4.08. The van der Waals surface area contributed by atoms with Crippen molar-refractivity contribution in [2.24, 2.45) is 0 Å². The fraction of sp³-hybridized carbons (Fsp3) is 0.0833. The van der Waals surface area contributed by atoms with Gasteiger partial charge in [0.15, 0.2) is 11.7 Å². The second-order valence-corrected chi connectivity index (χ2v) is 8.02. The Labute approximate surface area is 188 Å². The van der Waals surface area contributed by atoms with Crippen LogP contribution in [0.25, 0.3) is 11.3 Å². The van der Waals surface area contributed by atoms with Gasteiger partial charge in [0.05, 0.1) is 17.9 Å². The number of fused-ring (bicyclic) bond motifs is 1. The molecule has 0 bridgehead atoms. The molecule has 0 atom stereocenters. The van der Waals surface area contributed by atoms with E-state index in [1.165, 1.54) is 11.3 Å². The maximum Gasteiger partial charge on any atom is 0.265 e. The van der Waals surface area contributed by atoms with Gasteiger partial charge in [-0.25, -0.2) is 4.98 Å². The summed E-state index contributed by atoms with van der Waals surface area (Å²) in [6, 6.07) is 18.8. The van der Waals surface area contributed by atoms with Crippen LogP contribution < -0.4 is 15.0 Å². The van der Waals surface area contributed by atoms with Crippen LogP contribution in [0, 0.1) is 0 Å². The first-order valence-electron chi connectivity index (χ1n) is 9.96. The number of rotatable bonds is 5. The van der Waals surface area contributed by atoms with Crippen molar-refractivity contribution in [3.63, 3.8) is 0 Å². The number of pyridine rings is 1. The zero-order chi connectivity index (χ0) is 21.9. The van der Waals surface area contributed by atoms with Gasteiger partial charge in [-0.3, -0.25) is 19.9 Å². The topological polar surface area (TPSA) is 84.4 Å². The Hall–Kier alpha value is -4.04. The van der Waals surface area contributed by atoms with Gasteiger partial charge in [-0.15, -0.1) is 11.3 Å². The summed E-state index contributed by atoms with van der Waals surface area (Å²) >= 11 is 1.34. The first-order valence-corrected chi connectivity index (χ1v) is 10.8. The molecule has 0 saturated carbocycles. The number of aromatic nitrogens is 2. The lowest BCUT2D eigenvalue weighted by Crippen LogP contribution is -2.38. The summed E-state index contributed by atoms with van der Waals surface area (Å²) in [6.45, 7) is 0.477. The highest BCUT2D eigenvalue weighted by Crippen LogP contribution is 2.37. The minimum absolute atomic E-state index is 0.0149. The smallest absolute Gasteiger partial charge is 0.265 e. The number of benzene rings is 2. The van der Waals surface area contributed by atoms with Gasteiger partial charge >= 0.3 is 0 Å². The quantitative estimate of drug-likeness (QED) is 0.496. The lowest BCUT2D eigenvalue weighted by Gasteiger charge is -2.29. The van der Waals surface area contributed by atoms with Gasteiger partial charge in [0.25, 0.3) is 11.8 Å². The summed E-state index contributed by atoms with van der Waals surface area (Å²) in [5, 5.41) is 5.18. The van der Waals surface area contributed by atoms with Crippen molar-refractivity contribution in [2.45, 2.75) is 6.54 Å². The Morgan fingerprint density at radius 1 is 1.09 bits per heavy atom. The van der Waals surface area contributed by atoms with E-state index in [1.54, 1.807) is 29.4 Å². The van der Waals surface area contributed by atoms with E-state index < -0.39 is 0 Å². The molecule has 1 aliphatic heterocycles. The molecule has 2 aromatic carbocycles. The second-order valence-electron chi connectivity index (χ2n) is 7.16. The molecule has 0 aliphatic carbocycles. The van der Waals surface area contributed by atoms with Crippen molar-refractivity contribution >= 4 is 34.0 Å². The van der Waals surface area contributed by atoms with Crippen LogP contribution in [0.3, 0.4) is 0 Å². The Bertz CT molecular complexity index is 1270. The highest BCUT2D eigenvalue weighted by Gasteiger charge is 2.26. The largest absolute Gasteiger partial charge is 0.482 e. The van der Waals surface area contributed by atoms with Crippen LogP contribution in [0.5, 0.6) is 5.75 Å². The van der Waals surface area contributed by atoms with E-state index in [2.05, 4.69) is 15.3 Å². The maximum atomic E-state index is 12.6.